The predicted octanol–water partition coefficient (Wildman–Crippen LogP) is 0.0800. The molecule has 0 aromatic rings. The van der Waals surface area contributed by atoms with Crippen LogP contribution >= 0.6 is 0 Å². The Morgan fingerprint density at radius 3 is 2.46 bits per heavy atom. The maximum Gasteiger partial charge on any atom is 0.325 e. The number of nitrogens with zero attached hydrogens (tertiary/aromatic N) is 2. The number of hydrogen-bond acceptors (Lipinski definition) is 4. The molecule has 2 fully saturated rings. The fourth-order valence-corrected chi connectivity index (χ4v) is 3.31. The quantitative estimate of drug-likeness (QED) is 0.694. The molecule has 8 heteroatoms. The maximum absolute atomic E-state index is 12.4. The molecule has 0 radical (unpaired) electrons. The van der Waals surface area contributed by atoms with Crippen LogP contribution in [0.1, 0.15) is 40.5 Å². The van der Waals surface area contributed by atoms with Gasteiger partial charge in [0.25, 0.3) is 5.91 Å². The number of carbonyl (C=O) groups excluding carboxylic acids is 4. The zero-order valence-corrected chi connectivity index (χ0v) is 14.7. The van der Waals surface area contributed by atoms with Crippen LogP contribution < -0.4 is 10.6 Å². The first-order valence-electron chi connectivity index (χ1n) is 8.34. The van der Waals surface area contributed by atoms with Crippen LogP contribution in [0, 0.1) is 5.92 Å². The highest BCUT2D eigenvalue weighted by Gasteiger charge is 2.46. The van der Waals surface area contributed by atoms with Gasteiger partial charge >= 0.3 is 6.03 Å². The van der Waals surface area contributed by atoms with E-state index in [4.69, 9.17) is 0 Å². The van der Waals surface area contributed by atoms with Crippen LogP contribution in [0.2, 0.25) is 0 Å². The molecule has 24 heavy (non-hydrogen) atoms. The van der Waals surface area contributed by atoms with Crippen LogP contribution in [0.15, 0.2) is 0 Å². The van der Waals surface area contributed by atoms with Gasteiger partial charge in [0, 0.05) is 20.0 Å². The first-order valence-corrected chi connectivity index (χ1v) is 8.34. The summed E-state index contributed by atoms with van der Waals surface area (Å²) in [5.41, 5.74) is -1.04. The lowest BCUT2D eigenvalue weighted by molar-refractivity contribution is -0.129. The summed E-state index contributed by atoms with van der Waals surface area (Å²) in [7, 11) is 0. The summed E-state index contributed by atoms with van der Waals surface area (Å²) in [5.74, 6) is -0.513. The van der Waals surface area contributed by atoms with E-state index in [1.165, 1.54) is 11.8 Å². The lowest BCUT2D eigenvalue weighted by Crippen LogP contribution is -2.51. The van der Waals surface area contributed by atoms with Gasteiger partial charge in [0.1, 0.15) is 12.1 Å². The van der Waals surface area contributed by atoms with Crippen LogP contribution in [0.4, 0.5) is 4.79 Å². The second-order valence-corrected chi connectivity index (χ2v) is 7.05. The summed E-state index contributed by atoms with van der Waals surface area (Å²) in [6.07, 6.45) is 1.89. The van der Waals surface area contributed by atoms with Crippen molar-refractivity contribution in [3.8, 4) is 0 Å². The summed E-state index contributed by atoms with van der Waals surface area (Å²) in [5, 5.41) is 5.16. The van der Waals surface area contributed by atoms with Crippen molar-refractivity contribution in [1.29, 1.82) is 0 Å². The zero-order chi connectivity index (χ0) is 18.1. The SMILES string of the molecule is CCC[C@H]1CN(C(C)=O)C[C@@H]1NC(=O)CN1C(=O)NC(=O)C1(C)C. The Kier molecular flexibility index (Phi) is 5.15. The van der Waals surface area contributed by atoms with Crippen molar-refractivity contribution in [1.82, 2.24) is 20.4 Å². The van der Waals surface area contributed by atoms with E-state index in [0.29, 0.717) is 13.1 Å². The van der Waals surface area contributed by atoms with Gasteiger partial charge < -0.3 is 15.1 Å². The van der Waals surface area contributed by atoms with Crippen LogP contribution in [0.5, 0.6) is 0 Å². The van der Waals surface area contributed by atoms with Gasteiger partial charge in [-0.25, -0.2) is 4.79 Å². The number of imide groups is 1. The molecule has 5 amide bonds. The molecular weight excluding hydrogens is 312 g/mol. The van der Waals surface area contributed by atoms with Crippen molar-refractivity contribution in [2.75, 3.05) is 19.6 Å². The van der Waals surface area contributed by atoms with E-state index in [1.807, 2.05) is 0 Å². The Hall–Kier alpha value is -2.12. The average Bonchev–Trinajstić information content (AvgIpc) is 2.95. The minimum atomic E-state index is -1.04. The van der Waals surface area contributed by atoms with Crippen molar-refractivity contribution in [3.63, 3.8) is 0 Å². The van der Waals surface area contributed by atoms with Gasteiger partial charge in [-0.2, -0.15) is 0 Å². The van der Waals surface area contributed by atoms with Crippen LogP contribution in [-0.4, -0.2) is 64.8 Å². The number of nitrogens with one attached hydrogen (secondary N) is 2. The molecule has 0 bridgehead atoms. The molecule has 0 aromatic carbocycles. The standard InChI is InChI=1S/C16H26N4O4/c1-5-6-11-7-19(10(2)21)8-12(11)17-13(22)9-20-15(24)18-14(23)16(20,3)4/h11-12H,5-9H2,1-4H3,(H,17,22)(H,18,23,24)/t11-,12-/m0/s1. The van der Waals surface area contributed by atoms with Crippen molar-refractivity contribution < 1.29 is 19.2 Å². The summed E-state index contributed by atoms with van der Waals surface area (Å²) in [6.45, 7) is 7.75. The molecule has 2 heterocycles. The van der Waals surface area contributed by atoms with Gasteiger partial charge in [-0.3, -0.25) is 19.7 Å². The van der Waals surface area contributed by atoms with E-state index in [9.17, 15) is 19.2 Å². The highest BCUT2D eigenvalue weighted by atomic mass is 16.2. The minimum Gasteiger partial charge on any atom is -0.350 e. The second-order valence-electron chi connectivity index (χ2n) is 7.05. The van der Waals surface area contributed by atoms with Gasteiger partial charge in [0.05, 0.1) is 6.04 Å². The lowest BCUT2D eigenvalue weighted by atomic mass is 9.98. The molecule has 2 saturated heterocycles. The third-order valence-corrected chi connectivity index (χ3v) is 4.89. The predicted molar refractivity (Wildman–Crippen MR) is 86.9 cm³/mol. The number of carbonyl (C=O) groups is 4. The second kappa shape index (κ2) is 6.78. The van der Waals surface area contributed by atoms with E-state index in [2.05, 4.69) is 17.6 Å². The van der Waals surface area contributed by atoms with E-state index in [1.54, 1.807) is 18.7 Å². The van der Waals surface area contributed by atoms with Gasteiger partial charge in [-0.1, -0.05) is 13.3 Å². The Balaban J connectivity index is 1.99. The normalized spacial score (nSPS) is 25.8. The summed E-state index contributed by atoms with van der Waals surface area (Å²) in [6, 6.07) is -0.673. The van der Waals surface area contributed by atoms with Crippen LogP contribution in [0.3, 0.4) is 0 Å². The van der Waals surface area contributed by atoms with E-state index >= 15 is 0 Å². The highest BCUT2D eigenvalue weighted by Crippen LogP contribution is 2.23. The lowest BCUT2D eigenvalue weighted by Gasteiger charge is -2.28. The maximum atomic E-state index is 12.4. The number of rotatable bonds is 5. The molecule has 8 nitrogen and oxygen atoms in total. The summed E-state index contributed by atoms with van der Waals surface area (Å²) < 4.78 is 0. The Bertz CT molecular complexity index is 560. The Labute approximate surface area is 141 Å². The molecule has 134 valence electrons. The molecule has 2 atom stereocenters. The summed E-state index contributed by atoms with van der Waals surface area (Å²) >= 11 is 0. The third kappa shape index (κ3) is 3.52. The number of amides is 5. The van der Waals surface area contributed by atoms with Crippen LogP contribution in [-0.2, 0) is 14.4 Å². The minimum absolute atomic E-state index is 0.00139. The van der Waals surface area contributed by atoms with Crippen LogP contribution in [0.25, 0.3) is 0 Å². The molecule has 0 spiro atoms. The highest BCUT2D eigenvalue weighted by molar-refractivity contribution is 6.07. The van der Waals surface area contributed by atoms with Crippen molar-refractivity contribution in [2.24, 2.45) is 5.92 Å². The largest absolute Gasteiger partial charge is 0.350 e. The number of likely N-dealkylation sites (tertiary alicyclic amines) is 1. The molecule has 2 rings (SSSR count). The van der Waals surface area contributed by atoms with Gasteiger partial charge in [-0.05, 0) is 26.2 Å². The Morgan fingerprint density at radius 2 is 1.96 bits per heavy atom. The molecule has 2 N–H and O–H groups in total. The topological polar surface area (TPSA) is 98.8 Å². The number of hydrogen-bond donors (Lipinski definition) is 2. The molecule has 0 aliphatic carbocycles. The van der Waals surface area contributed by atoms with Crippen molar-refractivity contribution >= 4 is 23.8 Å². The fraction of sp³-hybridized carbons (Fsp3) is 0.750. The molecule has 0 aromatic heterocycles. The third-order valence-electron chi connectivity index (χ3n) is 4.89. The molecule has 0 unspecified atom stereocenters. The van der Waals surface area contributed by atoms with E-state index in [0.717, 1.165) is 12.8 Å². The smallest absolute Gasteiger partial charge is 0.325 e. The van der Waals surface area contributed by atoms with Gasteiger partial charge in [-0.15, -0.1) is 0 Å². The molecule has 2 aliphatic heterocycles. The molecule has 2 aliphatic rings. The molecular formula is C16H26N4O4. The Morgan fingerprint density at radius 1 is 1.29 bits per heavy atom. The average molecular weight is 338 g/mol. The van der Waals surface area contributed by atoms with E-state index in [-0.39, 0.29) is 30.3 Å². The zero-order valence-electron chi connectivity index (χ0n) is 14.7. The monoisotopic (exact) mass is 338 g/mol. The van der Waals surface area contributed by atoms with Crippen molar-refractivity contribution in [3.05, 3.63) is 0 Å². The summed E-state index contributed by atoms with van der Waals surface area (Å²) in [4.78, 5) is 50.5. The first kappa shape index (κ1) is 18.2. The molecule has 0 saturated carbocycles. The fourth-order valence-electron chi connectivity index (χ4n) is 3.31. The van der Waals surface area contributed by atoms with Gasteiger partial charge in [0.15, 0.2) is 0 Å². The number of urea groups is 1. The first-order chi connectivity index (χ1) is 11.2. The van der Waals surface area contributed by atoms with Gasteiger partial charge in [0.2, 0.25) is 11.8 Å². The van der Waals surface area contributed by atoms with E-state index < -0.39 is 17.5 Å². The van der Waals surface area contributed by atoms with Crippen molar-refractivity contribution in [2.45, 2.75) is 52.1 Å².